The van der Waals surface area contributed by atoms with Crippen LogP contribution >= 0.6 is 0 Å². The van der Waals surface area contributed by atoms with Crippen molar-refractivity contribution >= 4 is 0 Å². The number of rotatable bonds is 3. The molecule has 0 bridgehead atoms. The molecule has 0 amide bonds. The molecule has 0 aliphatic carbocycles. The first-order valence-corrected chi connectivity index (χ1v) is 2.97. The summed E-state index contributed by atoms with van der Waals surface area (Å²) in [7, 11) is 0. The van der Waals surface area contributed by atoms with Crippen molar-refractivity contribution in [3.63, 3.8) is 0 Å². The Bertz CT molecular complexity index is 242. The average Bonchev–Trinajstić information content (AvgIpc) is 1.98. The zero-order valence-corrected chi connectivity index (χ0v) is 6.60. The van der Waals surface area contributed by atoms with Gasteiger partial charge < -0.3 is 0 Å². The van der Waals surface area contributed by atoms with Crippen LogP contribution in [0.25, 0.3) is 0 Å². The number of hydrogen-bond donors (Lipinski definition) is 0. The SMILES string of the molecule is FOC(F)(F)C(F)(OC(F)(F)F)C(F)(F)F. The molecule has 1 atom stereocenters. The van der Waals surface area contributed by atoms with Gasteiger partial charge in [0.05, 0.1) is 0 Å². The quantitative estimate of drug-likeness (QED) is 0.733. The van der Waals surface area contributed by atoms with E-state index in [4.69, 9.17) is 0 Å². The molecule has 98 valence electrons. The molecule has 12 heteroatoms. The molecule has 0 rings (SSSR count). The molecule has 0 spiro atoms. The second-order valence-electron chi connectivity index (χ2n) is 2.23. The van der Waals surface area contributed by atoms with E-state index in [1.807, 2.05) is 0 Å². The summed E-state index contributed by atoms with van der Waals surface area (Å²) in [6.45, 7) is 0. The summed E-state index contributed by atoms with van der Waals surface area (Å²) in [6, 6.07) is 0. The lowest BCUT2D eigenvalue weighted by atomic mass is 10.3. The monoisotopic (exact) mass is 270 g/mol. The van der Waals surface area contributed by atoms with Gasteiger partial charge in [0, 0.05) is 0 Å². The third-order valence-electron chi connectivity index (χ3n) is 1.09. The molecule has 0 heterocycles. The van der Waals surface area contributed by atoms with Crippen LogP contribution in [0, 0.1) is 0 Å². The lowest BCUT2D eigenvalue weighted by molar-refractivity contribution is -0.542. The number of alkyl halides is 9. The largest absolute Gasteiger partial charge is 0.525 e. The van der Waals surface area contributed by atoms with Crippen LogP contribution in [-0.2, 0) is 9.68 Å². The second kappa shape index (κ2) is 3.91. The predicted octanol–water partition coefficient (Wildman–Crippen LogP) is 3.24. The Morgan fingerprint density at radius 1 is 0.688 bits per heavy atom. The zero-order chi connectivity index (χ0) is 13.4. The third-order valence-corrected chi connectivity index (χ3v) is 1.09. The van der Waals surface area contributed by atoms with E-state index in [1.54, 1.807) is 0 Å². The smallest absolute Gasteiger partial charge is 0.238 e. The van der Waals surface area contributed by atoms with Crippen LogP contribution in [0.15, 0.2) is 0 Å². The van der Waals surface area contributed by atoms with Crippen LogP contribution in [0.3, 0.4) is 0 Å². The molecule has 0 radical (unpaired) electrons. The first-order chi connectivity index (χ1) is 6.77. The fraction of sp³-hybridized carbons (Fsp3) is 1.00. The Balaban J connectivity index is 5.39. The first-order valence-electron chi connectivity index (χ1n) is 2.97. The average molecular weight is 270 g/mol. The molecule has 0 aromatic rings. The Kier molecular flexibility index (Phi) is 3.72. The number of ether oxygens (including phenoxy) is 1. The normalized spacial score (nSPS) is 18.4. The van der Waals surface area contributed by atoms with Gasteiger partial charge in [-0.05, 0) is 4.53 Å². The summed E-state index contributed by atoms with van der Waals surface area (Å²) < 4.78 is 117. The summed E-state index contributed by atoms with van der Waals surface area (Å²) >= 11 is 0. The van der Waals surface area contributed by atoms with Crippen molar-refractivity contribution in [3.8, 4) is 0 Å². The standard InChI is InChI=1S/C4F10O2/c5-1(2(6,7)8,3(9,10)16-14)15-4(11,12)13. The van der Waals surface area contributed by atoms with Crippen LogP contribution in [-0.4, -0.2) is 24.5 Å². The minimum Gasteiger partial charge on any atom is -0.238 e. The van der Waals surface area contributed by atoms with E-state index in [2.05, 4.69) is 0 Å². The molecule has 0 fully saturated rings. The van der Waals surface area contributed by atoms with Crippen LogP contribution < -0.4 is 0 Å². The molecule has 0 aliphatic rings. The Morgan fingerprint density at radius 2 is 1.06 bits per heavy atom. The Morgan fingerprint density at radius 3 is 1.25 bits per heavy atom. The summed E-state index contributed by atoms with van der Waals surface area (Å²) in [4.78, 5) is 1.22. The van der Waals surface area contributed by atoms with Crippen molar-refractivity contribution in [1.29, 1.82) is 0 Å². The van der Waals surface area contributed by atoms with Crippen molar-refractivity contribution in [2.75, 3.05) is 0 Å². The molecule has 2 nitrogen and oxygen atoms in total. The van der Waals surface area contributed by atoms with Gasteiger partial charge in [0.2, 0.25) is 0 Å². The highest BCUT2D eigenvalue weighted by Crippen LogP contribution is 2.49. The van der Waals surface area contributed by atoms with Crippen LogP contribution in [0.5, 0.6) is 0 Å². The first kappa shape index (κ1) is 15.2. The summed E-state index contributed by atoms with van der Waals surface area (Å²) in [5, 5.41) is 0. The number of hydrogen-bond acceptors (Lipinski definition) is 2. The van der Waals surface area contributed by atoms with Gasteiger partial charge in [0.15, 0.2) is 0 Å². The van der Waals surface area contributed by atoms with Gasteiger partial charge in [0.25, 0.3) is 0 Å². The second-order valence-corrected chi connectivity index (χ2v) is 2.23. The van der Waals surface area contributed by atoms with Crippen molar-refractivity contribution in [3.05, 3.63) is 0 Å². The molecule has 0 saturated carbocycles. The molecule has 0 aromatic heterocycles. The van der Waals surface area contributed by atoms with Crippen LogP contribution in [0.4, 0.5) is 44.0 Å². The zero-order valence-electron chi connectivity index (χ0n) is 6.60. The third kappa shape index (κ3) is 2.87. The van der Waals surface area contributed by atoms with Gasteiger partial charge in [-0.3, -0.25) is 0 Å². The minimum absolute atomic E-state index is 1.22. The maximum Gasteiger partial charge on any atom is 0.525 e. The highest BCUT2D eigenvalue weighted by molar-refractivity contribution is 4.86. The lowest BCUT2D eigenvalue weighted by Crippen LogP contribution is -2.59. The van der Waals surface area contributed by atoms with Crippen LogP contribution in [0.2, 0.25) is 0 Å². The molecule has 0 aromatic carbocycles. The molecular formula is C4F10O2. The van der Waals surface area contributed by atoms with Gasteiger partial charge in [-0.2, -0.15) is 26.3 Å². The molecule has 0 N–H and O–H groups in total. The van der Waals surface area contributed by atoms with Gasteiger partial charge in [-0.25, -0.2) is 4.74 Å². The van der Waals surface area contributed by atoms with Crippen molar-refractivity contribution < 1.29 is 53.7 Å². The fourth-order valence-electron chi connectivity index (χ4n) is 0.491. The fourth-order valence-corrected chi connectivity index (χ4v) is 0.491. The summed E-state index contributed by atoms with van der Waals surface area (Å²) in [5.74, 6) is -6.69. The van der Waals surface area contributed by atoms with Gasteiger partial charge in [0.1, 0.15) is 0 Å². The molecule has 0 aliphatic heterocycles. The topological polar surface area (TPSA) is 18.5 Å². The molecule has 1 unspecified atom stereocenters. The minimum atomic E-state index is -6.88. The maximum absolute atomic E-state index is 12.4. The Labute approximate surface area is 79.6 Å². The molecule has 16 heavy (non-hydrogen) atoms. The van der Waals surface area contributed by atoms with E-state index in [0.29, 0.717) is 0 Å². The summed E-state index contributed by atoms with van der Waals surface area (Å²) in [6.07, 6.45) is -19.8. The van der Waals surface area contributed by atoms with Gasteiger partial charge >= 0.3 is 24.5 Å². The van der Waals surface area contributed by atoms with Crippen LogP contribution in [0.1, 0.15) is 0 Å². The van der Waals surface area contributed by atoms with Crippen molar-refractivity contribution in [2.45, 2.75) is 24.5 Å². The molecule has 0 saturated heterocycles. The molecular weight excluding hydrogens is 270 g/mol. The van der Waals surface area contributed by atoms with E-state index in [0.717, 1.165) is 0 Å². The lowest BCUT2D eigenvalue weighted by Gasteiger charge is -2.31. The highest BCUT2D eigenvalue weighted by atomic mass is 19.4. The van der Waals surface area contributed by atoms with Crippen molar-refractivity contribution in [1.82, 2.24) is 0 Å². The van der Waals surface area contributed by atoms with E-state index < -0.39 is 24.5 Å². The van der Waals surface area contributed by atoms with E-state index in [-0.39, 0.29) is 0 Å². The highest BCUT2D eigenvalue weighted by Gasteiger charge is 2.78. The van der Waals surface area contributed by atoms with Crippen molar-refractivity contribution in [2.24, 2.45) is 0 Å². The van der Waals surface area contributed by atoms with E-state index in [1.165, 1.54) is 9.68 Å². The van der Waals surface area contributed by atoms with Gasteiger partial charge in [-0.15, -0.1) is 18.1 Å². The van der Waals surface area contributed by atoms with Gasteiger partial charge in [-0.1, -0.05) is 0 Å². The summed E-state index contributed by atoms with van der Waals surface area (Å²) in [5.41, 5.74) is 0. The number of halogens is 10. The van der Waals surface area contributed by atoms with E-state index >= 15 is 0 Å². The maximum atomic E-state index is 12.4. The predicted molar refractivity (Wildman–Crippen MR) is 24.2 cm³/mol. The van der Waals surface area contributed by atoms with E-state index in [9.17, 15) is 44.0 Å². The Hall–Kier alpha value is -0.780.